The summed E-state index contributed by atoms with van der Waals surface area (Å²) in [6, 6.07) is 28.1. The molecule has 0 aliphatic carbocycles. The molecule has 4 aromatic carbocycles. The van der Waals surface area contributed by atoms with Crippen molar-refractivity contribution in [1.29, 1.82) is 0 Å². The van der Waals surface area contributed by atoms with Gasteiger partial charge < -0.3 is 5.32 Å². The van der Waals surface area contributed by atoms with Crippen LogP contribution in [-0.4, -0.2) is 25.6 Å². The van der Waals surface area contributed by atoms with Gasteiger partial charge in [0.1, 0.15) is 0 Å². The number of hydrogen-bond donors (Lipinski definition) is 1. The van der Waals surface area contributed by atoms with Gasteiger partial charge in [-0.15, -0.1) is 10.2 Å². The Labute approximate surface area is 256 Å². The first kappa shape index (κ1) is 29.3. The summed E-state index contributed by atoms with van der Waals surface area (Å²) in [4.78, 5) is 24.4. The smallest absolute Gasteiger partial charge is 0.269 e. The maximum atomic E-state index is 13.5. The van der Waals surface area contributed by atoms with Crippen LogP contribution in [0.1, 0.15) is 38.9 Å². The molecule has 11 heteroatoms. The number of aryl methyl sites for hydroxylation is 1. The summed E-state index contributed by atoms with van der Waals surface area (Å²) in [5.74, 6) is 0.700. The van der Waals surface area contributed by atoms with Gasteiger partial charge in [-0.25, -0.2) is 0 Å². The van der Waals surface area contributed by atoms with E-state index in [1.54, 1.807) is 24.3 Å². The Kier molecular flexibility index (Phi) is 9.22. The molecule has 5 rings (SSSR count). The number of nitrogens with zero attached hydrogens (tertiary/aromatic N) is 4. The number of non-ortho nitro benzene ring substituents is 1. The van der Waals surface area contributed by atoms with E-state index in [1.165, 1.54) is 30.0 Å². The Morgan fingerprint density at radius 1 is 0.952 bits per heavy atom. The van der Waals surface area contributed by atoms with Gasteiger partial charge in [-0.3, -0.25) is 19.5 Å². The van der Waals surface area contributed by atoms with Crippen molar-refractivity contribution in [3.8, 4) is 5.69 Å². The lowest BCUT2D eigenvalue weighted by Crippen LogP contribution is -2.32. The van der Waals surface area contributed by atoms with Crippen molar-refractivity contribution in [2.45, 2.75) is 30.3 Å². The molecule has 1 aromatic heterocycles. The van der Waals surface area contributed by atoms with Crippen molar-refractivity contribution in [3.63, 3.8) is 0 Å². The zero-order valence-electron chi connectivity index (χ0n) is 22.4. The number of benzene rings is 4. The molecule has 1 heterocycles. The number of nitrogens with one attached hydrogen (secondary N) is 1. The largest absolute Gasteiger partial charge is 0.342 e. The van der Waals surface area contributed by atoms with E-state index in [2.05, 4.69) is 21.6 Å². The number of carbonyl (C=O) groups excluding carboxylic acids is 1. The average molecular weight is 619 g/mol. The standard InChI is InChI=1S/C31H25Cl2N5O3S/c1-20-6-5-9-22(16-20)19-42-31-36-35-29(37(31)24-11-13-25(14-12-24)38(40)41)28(17-21-7-3-2-4-8-21)34-30(39)26-15-10-23(32)18-27(26)33/h2-16,18,28H,17,19H2,1H3,(H,34,39). The average Bonchev–Trinajstić information content (AvgIpc) is 3.40. The fraction of sp³-hybridized carbons (Fsp3) is 0.129. The molecule has 1 N–H and O–H groups in total. The van der Waals surface area contributed by atoms with E-state index < -0.39 is 16.9 Å². The van der Waals surface area contributed by atoms with Gasteiger partial charge in [0.2, 0.25) is 0 Å². The number of hydrogen-bond acceptors (Lipinski definition) is 6. The Morgan fingerprint density at radius 3 is 2.38 bits per heavy atom. The Hall–Kier alpha value is -4.18. The first-order valence-electron chi connectivity index (χ1n) is 13.0. The van der Waals surface area contributed by atoms with Gasteiger partial charge in [0.15, 0.2) is 11.0 Å². The summed E-state index contributed by atoms with van der Waals surface area (Å²) in [5.41, 5.74) is 4.10. The fourth-order valence-electron chi connectivity index (χ4n) is 4.48. The molecule has 0 spiro atoms. The number of halogens is 2. The number of nitro benzene ring substituents is 1. The van der Waals surface area contributed by atoms with Crippen LogP contribution in [0.3, 0.4) is 0 Å². The van der Waals surface area contributed by atoms with Crippen LogP contribution >= 0.6 is 35.0 Å². The van der Waals surface area contributed by atoms with Crippen LogP contribution in [-0.2, 0) is 12.2 Å². The van der Waals surface area contributed by atoms with Crippen molar-refractivity contribution in [1.82, 2.24) is 20.1 Å². The van der Waals surface area contributed by atoms with Gasteiger partial charge in [0.25, 0.3) is 11.6 Å². The third-order valence-corrected chi connectivity index (χ3v) is 8.05. The van der Waals surface area contributed by atoms with Crippen LogP contribution in [0, 0.1) is 17.0 Å². The first-order valence-corrected chi connectivity index (χ1v) is 14.7. The fourth-order valence-corrected chi connectivity index (χ4v) is 5.88. The molecule has 0 bridgehead atoms. The van der Waals surface area contributed by atoms with Gasteiger partial charge >= 0.3 is 0 Å². The lowest BCUT2D eigenvalue weighted by molar-refractivity contribution is -0.384. The Balaban J connectivity index is 1.56. The number of amides is 1. The quantitative estimate of drug-likeness (QED) is 0.0974. The molecule has 5 aromatic rings. The molecule has 0 radical (unpaired) electrons. The molecular formula is C31H25Cl2N5O3S. The second-order valence-corrected chi connectivity index (χ2v) is 11.4. The highest BCUT2D eigenvalue weighted by molar-refractivity contribution is 7.98. The van der Waals surface area contributed by atoms with Crippen LogP contribution in [0.25, 0.3) is 5.69 Å². The molecule has 1 amide bonds. The van der Waals surface area contributed by atoms with E-state index in [-0.39, 0.29) is 16.3 Å². The van der Waals surface area contributed by atoms with Crippen molar-refractivity contribution in [3.05, 3.63) is 145 Å². The normalized spacial score (nSPS) is 11.7. The summed E-state index contributed by atoms with van der Waals surface area (Å²) < 4.78 is 1.83. The minimum absolute atomic E-state index is 0.0335. The summed E-state index contributed by atoms with van der Waals surface area (Å²) in [6.07, 6.45) is 0.408. The minimum atomic E-state index is -0.623. The first-order chi connectivity index (χ1) is 20.3. The van der Waals surface area contributed by atoms with E-state index in [1.807, 2.05) is 60.0 Å². The second kappa shape index (κ2) is 13.2. The monoisotopic (exact) mass is 617 g/mol. The maximum Gasteiger partial charge on any atom is 0.269 e. The number of thioether (sulfide) groups is 1. The number of rotatable bonds is 10. The predicted molar refractivity (Wildman–Crippen MR) is 166 cm³/mol. The van der Waals surface area contributed by atoms with E-state index in [9.17, 15) is 14.9 Å². The minimum Gasteiger partial charge on any atom is -0.342 e. The van der Waals surface area contributed by atoms with E-state index in [4.69, 9.17) is 23.2 Å². The van der Waals surface area contributed by atoms with Crippen molar-refractivity contribution < 1.29 is 9.72 Å². The van der Waals surface area contributed by atoms with Crippen molar-refractivity contribution >= 4 is 46.6 Å². The Bertz CT molecular complexity index is 1730. The van der Waals surface area contributed by atoms with Gasteiger partial charge in [-0.1, -0.05) is 95.1 Å². The van der Waals surface area contributed by atoms with E-state index >= 15 is 0 Å². The molecule has 0 fully saturated rings. The van der Waals surface area contributed by atoms with E-state index in [0.29, 0.717) is 33.9 Å². The molecule has 0 saturated carbocycles. The highest BCUT2D eigenvalue weighted by atomic mass is 35.5. The Morgan fingerprint density at radius 2 is 1.69 bits per heavy atom. The number of carbonyl (C=O) groups is 1. The zero-order chi connectivity index (χ0) is 29.6. The van der Waals surface area contributed by atoms with Crippen LogP contribution in [0.4, 0.5) is 5.69 Å². The second-order valence-electron chi connectivity index (χ2n) is 9.57. The van der Waals surface area contributed by atoms with Gasteiger partial charge in [0, 0.05) is 28.6 Å². The molecule has 1 atom stereocenters. The van der Waals surface area contributed by atoms with Gasteiger partial charge in [-0.05, 0) is 54.8 Å². The summed E-state index contributed by atoms with van der Waals surface area (Å²) >= 11 is 13.9. The lowest BCUT2D eigenvalue weighted by atomic mass is 10.0. The van der Waals surface area contributed by atoms with E-state index in [0.717, 1.165) is 16.7 Å². The van der Waals surface area contributed by atoms with Crippen LogP contribution < -0.4 is 5.32 Å². The van der Waals surface area contributed by atoms with Gasteiger partial charge in [0.05, 0.1) is 21.6 Å². The van der Waals surface area contributed by atoms with Crippen molar-refractivity contribution in [2.24, 2.45) is 0 Å². The lowest BCUT2D eigenvalue weighted by Gasteiger charge is -2.21. The molecular weight excluding hydrogens is 593 g/mol. The highest BCUT2D eigenvalue weighted by Gasteiger charge is 2.26. The van der Waals surface area contributed by atoms with Crippen LogP contribution in [0.15, 0.2) is 102 Å². The summed E-state index contributed by atoms with van der Waals surface area (Å²) in [5, 5.41) is 24.7. The van der Waals surface area contributed by atoms with Crippen LogP contribution in [0.2, 0.25) is 10.0 Å². The molecule has 212 valence electrons. The third-order valence-electron chi connectivity index (χ3n) is 6.50. The number of nitro groups is 1. The predicted octanol–water partition coefficient (Wildman–Crippen LogP) is 7.80. The molecule has 1 unspecified atom stereocenters. The molecule has 42 heavy (non-hydrogen) atoms. The maximum absolute atomic E-state index is 13.5. The third kappa shape index (κ3) is 6.99. The van der Waals surface area contributed by atoms with Gasteiger partial charge in [-0.2, -0.15) is 0 Å². The summed E-state index contributed by atoms with van der Waals surface area (Å²) in [7, 11) is 0. The molecule has 0 aliphatic heterocycles. The molecule has 8 nitrogen and oxygen atoms in total. The number of aromatic nitrogens is 3. The highest BCUT2D eigenvalue weighted by Crippen LogP contribution is 2.31. The topological polar surface area (TPSA) is 103 Å². The van der Waals surface area contributed by atoms with Crippen LogP contribution in [0.5, 0.6) is 0 Å². The zero-order valence-corrected chi connectivity index (χ0v) is 24.7. The molecule has 0 aliphatic rings. The molecule has 0 saturated heterocycles. The SMILES string of the molecule is Cc1cccc(CSc2nnc(C(Cc3ccccc3)NC(=O)c3ccc(Cl)cc3Cl)n2-c2ccc([N+](=O)[O-])cc2)c1. The summed E-state index contributed by atoms with van der Waals surface area (Å²) in [6.45, 7) is 2.04. The van der Waals surface area contributed by atoms with Crippen molar-refractivity contribution in [2.75, 3.05) is 0 Å².